The van der Waals surface area contributed by atoms with E-state index < -0.39 is 11.7 Å². The van der Waals surface area contributed by atoms with Gasteiger partial charge in [0.1, 0.15) is 11.6 Å². The lowest BCUT2D eigenvalue weighted by molar-refractivity contribution is 0.103. The lowest BCUT2D eigenvalue weighted by Gasteiger charge is -2.05. The summed E-state index contributed by atoms with van der Waals surface area (Å²) in [7, 11) is 0. The van der Waals surface area contributed by atoms with Crippen molar-refractivity contribution in [2.45, 2.75) is 6.54 Å². The Morgan fingerprint density at radius 2 is 2.17 bits per heavy atom. The van der Waals surface area contributed by atoms with E-state index >= 15 is 0 Å². The van der Waals surface area contributed by atoms with E-state index in [0.29, 0.717) is 11.4 Å². The SMILES string of the molecule is NCc1ccc(C(=O)Nc2cc(F)ccc2O)s1. The second kappa shape index (κ2) is 5.16. The third-order valence-electron chi connectivity index (χ3n) is 2.29. The average Bonchev–Trinajstić information content (AvgIpc) is 2.82. The summed E-state index contributed by atoms with van der Waals surface area (Å²) in [4.78, 5) is 13.2. The molecular weight excluding hydrogens is 255 g/mol. The largest absolute Gasteiger partial charge is 0.506 e. The first-order valence-electron chi connectivity index (χ1n) is 5.19. The van der Waals surface area contributed by atoms with Gasteiger partial charge in [-0.1, -0.05) is 0 Å². The lowest BCUT2D eigenvalue weighted by Crippen LogP contribution is -2.10. The maximum absolute atomic E-state index is 13.0. The van der Waals surface area contributed by atoms with Crippen LogP contribution in [0.2, 0.25) is 0 Å². The Bertz CT molecular complexity index is 583. The topological polar surface area (TPSA) is 75.4 Å². The third kappa shape index (κ3) is 2.66. The van der Waals surface area contributed by atoms with E-state index in [2.05, 4.69) is 5.32 Å². The molecule has 0 bridgehead atoms. The van der Waals surface area contributed by atoms with Gasteiger partial charge in [-0.05, 0) is 24.3 Å². The van der Waals surface area contributed by atoms with E-state index in [9.17, 15) is 14.3 Å². The van der Waals surface area contributed by atoms with Crippen molar-refractivity contribution in [1.82, 2.24) is 0 Å². The molecule has 18 heavy (non-hydrogen) atoms. The number of amides is 1. The van der Waals surface area contributed by atoms with Crippen LogP contribution in [0.15, 0.2) is 30.3 Å². The zero-order chi connectivity index (χ0) is 13.1. The molecular formula is C12H11FN2O2S. The zero-order valence-electron chi connectivity index (χ0n) is 9.31. The van der Waals surface area contributed by atoms with Gasteiger partial charge in [0.2, 0.25) is 0 Å². The molecule has 1 amide bonds. The minimum Gasteiger partial charge on any atom is -0.506 e. The van der Waals surface area contributed by atoms with Crippen LogP contribution >= 0.6 is 11.3 Å². The van der Waals surface area contributed by atoms with E-state index in [0.717, 1.165) is 17.0 Å². The second-order valence-corrected chi connectivity index (χ2v) is 4.75. The van der Waals surface area contributed by atoms with Crippen molar-refractivity contribution >= 4 is 22.9 Å². The van der Waals surface area contributed by atoms with Gasteiger partial charge in [0.05, 0.1) is 10.6 Å². The summed E-state index contributed by atoms with van der Waals surface area (Å²) in [6, 6.07) is 6.75. The van der Waals surface area contributed by atoms with Crippen molar-refractivity contribution in [2.75, 3.05) is 5.32 Å². The Kier molecular flexibility index (Phi) is 3.59. The fourth-order valence-corrected chi connectivity index (χ4v) is 2.18. The van der Waals surface area contributed by atoms with Crippen LogP contribution in [-0.2, 0) is 6.54 Å². The Balaban J connectivity index is 2.18. The van der Waals surface area contributed by atoms with Crippen LogP contribution in [0.3, 0.4) is 0 Å². The molecule has 1 heterocycles. The van der Waals surface area contributed by atoms with Crippen LogP contribution in [-0.4, -0.2) is 11.0 Å². The number of phenols is 1. The number of thiophene rings is 1. The summed E-state index contributed by atoms with van der Waals surface area (Å²) in [6.07, 6.45) is 0. The molecule has 1 aromatic heterocycles. The van der Waals surface area contributed by atoms with Gasteiger partial charge < -0.3 is 16.2 Å². The minimum absolute atomic E-state index is 0.0442. The molecule has 0 aliphatic heterocycles. The monoisotopic (exact) mass is 266 g/mol. The number of anilines is 1. The molecule has 0 spiro atoms. The molecule has 4 nitrogen and oxygen atoms in total. The minimum atomic E-state index is -0.531. The number of carbonyl (C=O) groups excluding carboxylic acids is 1. The maximum atomic E-state index is 13.0. The summed E-state index contributed by atoms with van der Waals surface area (Å²) >= 11 is 1.26. The number of hydrogen-bond donors (Lipinski definition) is 3. The van der Waals surface area contributed by atoms with Gasteiger partial charge in [-0.15, -0.1) is 11.3 Å². The fourth-order valence-electron chi connectivity index (χ4n) is 1.40. The van der Waals surface area contributed by atoms with E-state index in [1.54, 1.807) is 12.1 Å². The highest BCUT2D eigenvalue weighted by molar-refractivity contribution is 7.14. The van der Waals surface area contributed by atoms with Crippen LogP contribution in [0.1, 0.15) is 14.5 Å². The molecule has 0 unspecified atom stereocenters. The number of hydrogen-bond acceptors (Lipinski definition) is 4. The van der Waals surface area contributed by atoms with Crippen molar-refractivity contribution in [3.8, 4) is 5.75 Å². The summed E-state index contributed by atoms with van der Waals surface area (Å²) in [5, 5.41) is 11.9. The molecule has 1 aromatic carbocycles. The Morgan fingerprint density at radius 3 is 2.83 bits per heavy atom. The van der Waals surface area contributed by atoms with Gasteiger partial charge in [0.25, 0.3) is 5.91 Å². The van der Waals surface area contributed by atoms with Crippen LogP contribution in [0, 0.1) is 5.82 Å². The van der Waals surface area contributed by atoms with Gasteiger partial charge in [0.15, 0.2) is 0 Å². The molecule has 6 heteroatoms. The number of nitrogens with two attached hydrogens (primary N) is 1. The third-order valence-corrected chi connectivity index (χ3v) is 3.40. The number of halogens is 1. The first kappa shape index (κ1) is 12.5. The maximum Gasteiger partial charge on any atom is 0.265 e. The average molecular weight is 266 g/mol. The molecule has 0 aliphatic rings. The van der Waals surface area contributed by atoms with Crippen LogP contribution in [0.4, 0.5) is 10.1 Å². The van der Waals surface area contributed by atoms with Crippen molar-refractivity contribution in [3.05, 3.63) is 45.9 Å². The number of benzene rings is 1. The summed E-state index contributed by atoms with van der Waals surface area (Å²) in [6.45, 7) is 0.364. The fraction of sp³-hybridized carbons (Fsp3) is 0.0833. The summed E-state index contributed by atoms with van der Waals surface area (Å²) < 4.78 is 13.0. The van der Waals surface area contributed by atoms with Crippen molar-refractivity contribution in [1.29, 1.82) is 0 Å². The summed E-state index contributed by atoms with van der Waals surface area (Å²) in [5.41, 5.74) is 5.49. The molecule has 0 atom stereocenters. The molecule has 2 aromatic rings. The number of aromatic hydroxyl groups is 1. The highest BCUT2D eigenvalue weighted by atomic mass is 32.1. The Hall–Kier alpha value is -1.92. The summed E-state index contributed by atoms with van der Waals surface area (Å²) in [5.74, 6) is -1.11. The van der Waals surface area contributed by atoms with E-state index in [1.807, 2.05) is 0 Å². The molecule has 0 fully saturated rings. The predicted molar refractivity (Wildman–Crippen MR) is 68.2 cm³/mol. The normalized spacial score (nSPS) is 10.3. The standard InChI is InChI=1S/C12H11FN2O2S/c13-7-1-3-10(16)9(5-7)15-12(17)11-4-2-8(6-14)18-11/h1-5,16H,6,14H2,(H,15,17). The highest BCUT2D eigenvalue weighted by Gasteiger charge is 2.11. The molecule has 94 valence electrons. The van der Waals surface area contributed by atoms with Gasteiger partial charge in [0, 0.05) is 17.5 Å². The number of carbonyl (C=O) groups is 1. The molecule has 0 aliphatic carbocycles. The molecule has 0 radical (unpaired) electrons. The van der Waals surface area contributed by atoms with E-state index in [1.165, 1.54) is 17.4 Å². The highest BCUT2D eigenvalue weighted by Crippen LogP contribution is 2.25. The number of phenolic OH excluding ortho intramolecular Hbond substituents is 1. The Morgan fingerprint density at radius 1 is 1.39 bits per heavy atom. The van der Waals surface area contributed by atoms with Gasteiger partial charge in [-0.25, -0.2) is 4.39 Å². The number of nitrogens with one attached hydrogen (secondary N) is 1. The molecule has 2 rings (SSSR count). The molecule has 4 N–H and O–H groups in total. The van der Waals surface area contributed by atoms with Crippen molar-refractivity contribution in [2.24, 2.45) is 5.73 Å². The molecule has 0 saturated heterocycles. The van der Waals surface area contributed by atoms with Gasteiger partial charge in [-0.3, -0.25) is 4.79 Å². The van der Waals surface area contributed by atoms with Crippen LogP contribution in [0.5, 0.6) is 5.75 Å². The van der Waals surface area contributed by atoms with Gasteiger partial charge in [-0.2, -0.15) is 0 Å². The van der Waals surface area contributed by atoms with Crippen LogP contribution < -0.4 is 11.1 Å². The van der Waals surface area contributed by atoms with Crippen molar-refractivity contribution in [3.63, 3.8) is 0 Å². The van der Waals surface area contributed by atoms with Gasteiger partial charge >= 0.3 is 0 Å². The predicted octanol–water partition coefficient (Wildman–Crippen LogP) is 2.30. The molecule has 0 saturated carbocycles. The first-order chi connectivity index (χ1) is 8.60. The first-order valence-corrected chi connectivity index (χ1v) is 6.00. The van der Waals surface area contributed by atoms with Crippen LogP contribution in [0.25, 0.3) is 0 Å². The quantitative estimate of drug-likeness (QED) is 0.746. The van der Waals surface area contributed by atoms with E-state index in [4.69, 9.17) is 5.73 Å². The van der Waals surface area contributed by atoms with E-state index in [-0.39, 0.29) is 11.4 Å². The smallest absolute Gasteiger partial charge is 0.265 e. The second-order valence-electron chi connectivity index (χ2n) is 3.59. The Labute approximate surface area is 107 Å². The lowest BCUT2D eigenvalue weighted by atomic mass is 10.2. The zero-order valence-corrected chi connectivity index (χ0v) is 10.1. The number of rotatable bonds is 3. The van der Waals surface area contributed by atoms with Crippen molar-refractivity contribution < 1.29 is 14.3 Å².